The number of hydrogen-bond donors (Lipinski definition) is 2. The minimum Gasteiger partial charge on any atom is -0.508 e. The van der Waals surface area contributed by atoms with Gasteiger partial charge in [0.1, 0.15) is 5.75 Å². The summed E-state index contributed by atoms with van der Waals surface area (Å²) < 4.78 is 0. The average molecular weight is 259 g/mol. The second kappa shape index (κ2) is 4.82. The topological polar surface area (TPSA) is 32.3 Å². The first-order valence-electron chi connectivity index (χ1n) is 7.62. The monoisotopic (exact) mass is 259 g/mol. The van der Waals surface area contributed by atoms with Crippen LogP contribution < -0.4 is 5.32 Å². The normalized spacial score (nSPS) is 29.2. The highest BCUT2D eigenvalue weighted by Crippen LogP contribution is 2.40. The molecule has 0 saturated heterocycles. The second-order valence-electron chi connectivity index (χ2n) is 7.06. The number of fused-ring (bicyclic) bond motifs is 1. The molecule has 0 aliphatic heterocycles. The van der Waals surface area contributed by atoms with Crippen molar-refractivity contribution in [1.29, 1.82) is 0 Å². The number of hydrogen-bond acceptors (Lipinski definition) is 2. The van der Waals surface area contributed by atoms with Crippen molar-refractivity contribution in [2.45, 2.75) is 64.5 Å². The molecule has 1 fully saturated rings. The van der Waals surface area contributed by atoms with Gasteiger partial charge in [0.05, 0.1) is 0 Å². The number of phenols is 1. The zero-order valence-electron chi connectivity index (χ0n) is 12.1. The van der Waals surface area contributed by atoms with Gasteiger partial charge >= 0.3 is 0 Å². The summed E-state index contributed by atoms with van der Waals surface area (Å²) in [5.41, 5.74) is 2.97. The second-order valence-corrected chi connectivity index (χ2v) is 7.06. The molecule has 0 heterocycles. The van der Waals surface area contributed by atoms with Crippen molar-refractivity contribution in [3.05, 3.63) is 29.3 Å². The van der Waals surface area contributed by atoms with Gasteiger partial charge in [-0.15, -0.1) is 0 Å². The van der Waals surface area contributed by atoms with Crippen LogP contribution in [-0.4, -0.2) is 11.1 Å². The van der Waals surface area contributed by atoms with E-state index in [0.29, 0.717) is 23.2 Å². The highest BCUT2D eigenvalue weighted by atomic mass is 16.3. The predicted octanol–water partition coefficient (Wildman–Crippen LogP) is 3.94. The van der Waals surface area contributed by atoms with Crippen LogP contribution in [0.5, 0.6) is 5.75 Å². The molecule has 0 spiro atoms. The molecule has 0 bridgehead atoms. The first-order chi connectivity index (χ1) is 9.05. The molecule has 2 aliphatic carbocycles. The van der Waals surface area contributed by atoms with Crippen LogP contribution in [0.3, 0.4) is 0 Å². The quantitative estimate of drug-likeness (QED) is 0.843. The van der Waals surface area contributed by atoms with Crippen molar-refractivity contribution < 1.29 is 5.11 Å². The number of nitrogens with one attached hydrogen (secondary N) is 1. The van der Waals surface area contributed by atoms with Gasteiger partial charge in [0.25, 0.3) is 0 Å². The third-order valence-electron chi connectivity index (χ3n) is 4.89. The van der Waals surface area contributed by atoms with E-state index in [0.717, 1.165) is 18.4 Å². The SMILES string of the molecule is CC1(C)CCCC(NC2CCc3c(O)cccc32)C1. The number of aromatic hydroxyl groups is 1. The van der Waals surface area contributed by atoms with Gasteiger partial charge in [-0.2, -0.15) is 0 Å². The molecule has 2 heteroatoms. The lowest BCUT2D eigenvalue weighted by molar-refractivity contribution is 0.189. The smallest absolute Gasteiger partial charge is 0.119 e. The standard InChI is InChI=1S/C17H25NO/c1-17(2)10-4-5-12(11-17)18-15-9-8-14-13(15)6-3-7-16(14)19/h3,6-7,12,15,18-19H,4-5,8-11H2,1-2H3. The summed E-state index contributed by atoms with van der Waals surface area (Å²) in [5.74, 6) is 0.478. The number of benzene rings is 1. The minimum absolute atomic E-state index is 0.445. The van der Waals surface area contributed by atoms with Crippen LogP contribution in [0, 0.1) is 5.41 Å². The molecule has 1 saturated carbocycles. The molecule has 0 aromatic heterocycles. The first kappa shape index (κ1) is 13.0. The van der Waals surface area contributed by atoms with Crippen LogP contribution in [0.15, 0.2) is 18.2 Å². The largest absolute Gasteiger partial charge is 0.508 e. The van der Waals surface area contributed by atoms with E-state index in [2.05, 4.69) is 25.2 Å². The van der Waals surface area contributed by atoms with E-state index < -0.39 is 0 Å². The van der Waals surface area contributed by atoms with E-state index in [4.69, 9.17) is 0 Å². The lowest BCUT2D eigenvalue weighted by Gasteiger charge is -2.37. The van der Waals surface area contributed by atoms with E-state index in [1.54, 1.807) is 0 Å². The predicted molar refractivity (Wildman–Crippen MR) is 78.3 cm³/mol. The Bertz CT molecular complexity index is 466. The molecule has 0 amide bonds. The molecule has 3 rings (SSSR count). The van der Waals surface area contributed by atoms with Crippen molar-refractivity contribution in [3.8, 4) is 5.75 Å². The van der Waals surface area contributed by atoms with Gasteiger partial charge in [-0.3, -0.25) is 0 Å². The van der Waals surface area contributed by atoms with E-state index in [1.807, 2.05) is 12.1 Å². The minimum atomic E-state index is 0.445. The Morgan fingerprint density at radius 1 is 1.26 bits per heavy atom. The van der Waals surface area contributed by atoms with Crippen LogP contribution in [0.4, 0.5) is 0 Å². The van der Waals surface area contributed by atoms with Crippen LogP contribution in [0.1, 0.15) is 63.1 Å². The Morgan fingerprint density at radius 3 is 2.89 bits per heavy atom. The van der Waals surface area contributed by atoms with Crippen molar-refractivity contribution in [2.24, 2.45) is 5.41 Å². The van der Waals surface area contributed by atoms with E-state index in [-0.39, 0.29) is 0 Å². The third-order valence-corrected chi connectivity index (χ3v) is 4.89. The zero-order valence-corrected chi connectivity index (χ0v) is 12.1. The molecule has 104 valence electrons. The molecule has 0 radical (unpaired) electrons. The highest BCUT2D eigenvalue weighted by molar-refractivity contribution is 5.44. The lowest BCUT2D eigenvalue weighted by atomic mass is 9.75. The average Bonchev–Trinajstić information content (AvgIpc) is 2.73. The van der Waals surface area contributed by atoms with Crippen LogP contribution >= 0.6 is 0 Å². The number of phenolic OH excluding ortho intramolecular Hbond substituents is 1. The molecule has 1 aromatic carbocycles. The maximum Gasteiger partial charge on any atom is 0.119 e. The molecule has 1 aromatic rings. The zero-order chi connectivity index (χ0) is 13.5. The summed E-state index contributed by atoms with van der Waals surface area (Å²) in [7, 11) is 0. The molecule has 2 N–H and O–H groups in total. The molecule has 2 nitrogen and oxygen atoms in total. The van der Waals surface area contributed by atoms with E-state index in [9.17, 15) is 5.11 Å². The van der Waals surface area contributed by atoms with Crippen molar-refractivity contribution in [2.75, 3.05) is 0 Å². The first-order valence-corrected chi connectivity index (χ1v) is 7.62. The molecular formula is C17H25NO. The summed E-state index contributed by atoms with van der Waals surface area (Å²) in [6.07, 6.45) is 7.41. The fourth-order valence-corrected chi connectivity index (χ4v) is 3.93. The Hall–Kier alpha value is -1.02. The van der Waals surface area contributed by atoms with Crippen molar-refractivity contribution >= 4 is 0 Å². The van der Waals surface area contributed by atoms with E-state index >= 15 is 0 Å². The summed E-state index contributed by atoms with van der Waals surface area (Å²) in [4.78, 5) is 0. The number of rotatable bonds is 2. The molecule has 2 aliphatic rings. The van der Waals surface area contributed by atoms with Gasteiger partial charge in [0.2, 0.25) is 0 Å². The molecule has 2 unspecified atom stereocenters. The van der Waals surface area contributed by atoms with Gasteiger partial charge in [0.15, 0.2) is 0 Å². The van der Waals surface area contributed by atoms with Crippen LogP contribution in [0.2, 0.25) is 0 Å². The fraction of sp³-hybridized carbons (Fsp3) is 0.647. The van der Waals surface area contributed by atoms with Crippen LogP contribution in [0.25, 0.3) is 0 Å². The summed E-state index contributed by atoms with van der Waals surface area (Å²) in [5, 5.41) is 13.8. The molecule has 2 atom stereocenters. The van der Waals surface area contributed by atoms with Crippen molar-refractivity contribution in [3.63, 3.8) is 0 Å². The third kappa shape index (κ3) is 2.64. The maximum atomic E-state index is 9.91. The van der Waals surface area contributed by atoms with Gasteiger partial charge in [-0.1, -0.05) is 32.4 Å². The fourth-order valence-electron chi connectivity index (χ4n) is 3.93. The van der Waals surface area contributed by atoms with Gasteiger partial charge in [-0.25, -0.2) is 0 Å². The van der Waals surface area contributed by atoms with Crippen LogP contribution in [-0.2, 0) is 6.42 Å². The van der Waals surface area contributed by atoms with E-state index in [1.165, 1.54) is 31.2 Å². The van der Waals surface area contributed by atoms with Gasteiger partial charge in [-0.05, 0) is 54.7 Å². The van der Waals surface area contributed by atoms with Gasteiger partial charge in [0, 0.05) is 12.1 Å². The lowest BCUT2D eigenvalue weighted by Crippen LogP contribution is -2.38. The Kier molecular flexibility index (Phi) is 3.30. The highest BCUT2D eigenvalue weighted by Gasteiger charge is 2.31. The summed E-state index contributed by atoms with van der Waals surface area (Å²) >= 11 is 0. The molecular weight excluding hydrogens is 234 g/mol. The molecule has 19 heavy (non-hydrogen) atoms. The Morgan fingerprint density at radius 2 is 2.11 bits per heavy atom. The maximum absolute atomic E-state index is 9.91. The Balaban J connectivity index is 1.71. The van der Waals surface area contributed by atoms with Gasteiger partial charge < -0.3 is 10.4 Å². The summed E-state index contributed by atoms with van der Waals surface area (Å²) in [6, 6.07) is 7.04. The van der Waals surface area contributed by atoms with Crippen molar-refractivity contribution in [1.82, 2.24) is 5.32 Å². The Labute approximate surface area is 116 Å². The summed E-state index contributed by atoms with van der Waals surface area (Å²) in [6.45, 7) is 4.77.